The lowest BCUT2D eigenvalue weighted by Crippen LogP contribution is -2.54. The molecule has 0 aliphatic heterocycles. The number of esters is 1. The number of H-pyrrole nitrogens is 1. The summed E-state index contributed by atoms with van der Waals surface area (Å²) in [6, 6.07) is 7.93. The molecule has 0 aliphatic rings. The van der Waals surface area contributed by atoms with Crippen LogP contribution in [-0.2, 0) is 49.5 Å². The maximum Gasteiger partial charge on any atom is 0.373 e. The molecular weight excluding hydrogens is 548 g/mol. The van der Waals surface area contributed by atoms with E-state index in [9.17, 15) is 9.59 Å². The first kappa shape index (κ1) is 39.9. The van der Waals surface area contributed by atoms with Gasteiger partial charge in [-0.3, -0.25) is 14.5 Å². The van der Waals surface area contributed by atoms with Crippen LogP contribution < -0.4 is 5.32 Å². The first-order valence-corrected chi connectivity index (χ1v) is 13.6. The normalized spacial score (nSPS) is 10.3. The van der Waals surface area contributed by atoms with E-state index in [2.05, 4.69) is 53.0 Å². The van der Waals surface area contributed by atoms with Crippen molar-refractivity contribution in [3.8, 4) is 0 Å². The van der Waals surface area contributed by atoms with Crippen LogP contribution in [0, 0.1) is 0 Å². The molecule has 0 saturated heterocycles. The van der Waals surface area contributed by atoms with E-state index in [1.807, 2.05) is 18.3 Å². The van der Waals surface area contributed by atoms with Crippen LogP contribution in [0.3, 0.4) is 0 Å². The second-order valence-electron chi connectivity index (χ2n) is 8.83. The number of carbonyl (C=O) groups is 2. The summed E-state index contributed by atoms with van der Waals surface area (Å²) in [5, 5.41) is 4.38. The highest BCUT2D eigenvalue weighted by molar-refractivity contribution is 5.84. The third-order valence-corrected chi connectivity index (χ3v) is 5.96. The Bertz CT molecular complexity index is 1080. The average molecular weight is 591 g/mol. The molecule has 0 radical (unpaired) electrons. The fourth-order valence-electron chi connectivity index (χ4n) is 4.36. The zero-order chi connectivity index (χ0) is 32.2. The summed E-state index contributed by atoms with van der Waals surface area (Å²) < 4.78 is 4.84. The van der Waals surface area contributed by atoms with Crippen molar-refractivity contribution in [2.24, 2.45) is 0 Å². The number of aromatic amines is 1. The second-order valence-corrected chi connectivity index (χ2v) is 8.83. The number of ether oxygens (including phenoxy) is 1. The predicted molar refractivity (Wildman–Crippen MR) is 149 cm³/mol. The number of para-hydroxylation sites is 1. The largest absolute Gasteiger partial charge is 0.469 e. The molecule has 1 atom stereocenters. The molecule has 13 nitrogen and oxygen atoms in total. The van der Waals surface area contributed by atoms with Gasteiger partial charge in [-0.05, 0) is 56.9 Å². The molecule has 1 heterocycles. The zero-order valence-corrected chi connectivity index (χ0v) is 24.8. The Morgan fingerprint density at radius 3 is 1.95 bits per heavy atom. The van der Waals surface area contributed by atoms with Gasteiger partial charge in [-0.1, -0.05) is 39.0 Å². The molecule has 0 unspecified atom stereocenters. The van der Waals surface area contributed by atoms with Crippen LogP contribution in [0.15, 0.2) is 30.5 Å². The smallest absolute Gasteiger partial charge is 0.373 e. The van der Waals surface area contributed by atoms with Crippen LogP contribution in [0.25, 0.3) is 10.9 Å². The van der Waals surface area contributed by atoms with Crippen LogP contribution in [0.2, 0.25) is 0 Å². The molecule has 232 valence electrons. The fourth-order valence-corrected chi connectivity index (χ4v) is 4.36. The third-order valence-electron chi connectivity index (χ3n) is 5.96. The van der Waals surface area contributed by atoms with Crippen molar-refractivity contribution in [1.29, 1.82) is 0 Å². The fraction of sp³-hybridized carbons (Fsp3) is 0.552. The highest BCUT2D eigenvalue weighted by Crippen LogP contribution is 2.17. The van der Waals surface area contributed by atoms with Crippen molar-refractivity contribution < 1.29 is 43.1 Å². The molecular formula is C29H42N4O9. The topological polar surface area (TPSA) is 180 Å². The van der Waals surface area contributed by atoms with Gasteiger partial charge in [-0.25, -0.2) is 0 Å². The van der Waals surface area contributed by atoms with E-state index in [4.69, 9.17) is 33.5 Å². The number of hydrogen-bond donors (Lipinski definition) is 2. The highest BCUT2D eigenvalue weighted by Gasteiger charge is 2.28. The predicted octanol–water partition coefficient (Wildman–Crippen LogP) is 1.84. The number of nitrogens with zero attached hydrogens (tertiary/aromatic N) is 2. The Morgan fingerprint density at radius 2 is 1.43 bits per heavy atom. The number of fused-ring (bicyclic) bond motifs is 1. The molecule has 0 fully saturated rings. The Hall–Kier alpha value is -4.24. The minimum absolute atomic E-state index is 0.0327. The molecule has 1 amide bonds. The van der Waals surface area contributed by atoms with Crippen LogP contribution in [-0.4, -0.2) is 97.5 Å². The summed E-state index contributed by atoms with van der Waals surface area (Å²) in [7, 11) is 1.41. The van der Waals surface area contributed by atoms with E-state index >= 15 is 0 Å². The molecule has 1 aromatic carbocycles. The van der Waals surface area contributed by atoms with Gasteiger partial charge in [0.2, 0.25) is 5.91 Å². The molecule has 1 aromatic heterocycles. The number of amides is 1. The Morgan fingerprint density at radius 1 is 0.881 bits per heavy atom. The number of benzene rings is 1. The van der Waals surface area contributed by atoms with Gasteiger partial charge in [0.1, 0.15) is 6.04 Å². The van der Waals surface area contributed by atoms with Crippen molar-refractivity contribution in [3.05, 3.63) is 36.0 Å². The van der Waals surface area contributed by atoms with E-state index in [-0.39, 0.29) is 42.8 Å². The number of rotatable bonds is 16. The van der Waals surface area contributed by atoms with E-state index in [1.54, 1.807) is 0 Å². The summed E-state index contributed by atoms with van der Waals surface area (Å²) in [6.45, 7) is 10.9. The van der Waals surface area contributed by atoms with Gasteiger partial charge in [0, 0.05) is 36.7 Å². The molecule has 0 saturated carbocycles. The molecule has 2 N–H and O–H groups in total. The minimum Gasteiger partial charge on any atom is -0.469 e. The van der Waals surface area contributed by atoms with Crippen LogP contribution in [0.1, 0.15) is 52.0 Å². The van der Waals surface area contributed by atoms with E-state index in [0.717, 1.165) is 50.8 Å². The molecule has 0 bridgehead atoms. The monoisotopic (exact) mass is 590 g/mol. The Kier molecular flexibility index (Phi) is 25.6. The van der Waals surface area contributed by atoms with E-state index in [0.29, 0.717) is 19.6 Å². The summed E-state index contributed by atoms with van der Waals surface area (Å²) >= 11 is 0. The number of carbonyl (C=O) groups excluding carboxylic acids is 8. The van der Waals surface area contributed by atoms with Gasteiger partial charge in [-0.2, -0.15) is 28.8 Å². The molecule has 42 heavy (non-hydrogen) atoms. The molecule has 0 spiro atoms. The van der Waals surface area contributed by atoms with Crippen LogP contribution in [0.5, 0.6) is 0 Å². The second kappa shape index (κ2) is 27.0. The van der Waals surface area contributed by atoms with Gasteiger partial charge in [0.05, 0.1) is 13.5 Å². The number of nitrogens with one attached hydrogen (secondary N) is 2. The first-order valence-electron chi connectivity index (χ1n) is 13.6. The summed E-state index contributed by atoms with van der Waals surface area (Å²) in [6.07, 6.45) is 6.85. The lowest BCUT2D eigenvalue weighted by molar-refractivity contribution is -0.193. The summed E-state index contributed by atoms with van der Waals surface area (Å²) in [5.41, 5.74) is 2.32. The number of hydrogen-bond acceptors (Lipinski definition) is 11. The molecule has 2 aromatic rings. The SMILES string of the molecule is CCCN(CCC)C[C@@H](C(=O)NCCc1c[nH]c2ccccc12)N(CCC)CCC(=O)OC.O=C=O.O=C=O.O=C=O. The van der Waals surface area contributed by atoms with Gasteiger partial charge in [-0.15, -0.1) is 0 Å². The maximum absolute atomic E-state index is 13.4. The third kappa shape index (κ3) is 17.5. The van der Waals surface area contributed by atoms with Crippen molar-refractivity contribution >= 4 is 41.2 Å². The zero-order valence-electron chi connectivity index (χ0n) is 24.8. The van der Waals surface area contributed by atoms with E-state index in [1.165, 1.54) is 18.1 Å². The van der Waals surface area contributed by atoms with Gasteiger partial charge in [0.25, 0.3) is 0 Å². The minimum atomic E-state index is -0.296. The van der Waals surface area contributed by atoms with E-state index < -0.39 is 0 Å². The molecule has 13 heteroatoms. The number of aromatic nitrogens is 1. The summed E-state index contributed by atoms with van der Waals surface area (Å²) in [5.74, 6) is -0.209. The van der Waals surface area contributed by atoms with Gasteiger partial charge in [0.15, 0.2) is 0 Å². The quantitative estimate of drug-likeness (QED) is 0.272. The lowest BCUT2D eigenvalue weighted by atomic mass is 10.1. The Balaban J connectivity index is 0. The first-order chi connectivity index (χ1) is 20.3. The summed E-state index contributed by atoms with van der Waals surface area (Å²) in [4.78, 5) is 81.8. The highest BCUT2D eigenvalue weighted by atomic mass is 16.5. The van der Waals surface area contributed by atoms with Crippen LogP contribution >= 0.6 is 0 Å². The van der Waals surface area contributed by atoms with Crippen molar-refractivity contribution in [1.82, 2.24) is 20.1 Å². The van der Waals surface area contributed by atoms with Gasteiger partial charge >= 0.3 is 24.4 Å². The van der Waals surface area contributed by atoms with Gasteiger partial charge < -0.3 is 19.9 Å². The molecule has 2 rings (SSSR count). The van der Waals surface area contributed by atoms with Crippen LogP contribution in [0.4, 0.5) is 0 Å². The van der Waals surface area contributed by atoms with Crippen molar-refractivity contribution in [2.45, 2.75) is 58.9 Å². The van der Waals surface area contributed by atoms with Crippen molar-refractivity contribution in [3.63, 3.8) is 0 Å². The average Bonchev–Trinajstić information content (AvgIpc) is 3.38. The lowest BCUT2D eigenvalue weighted by Gasteiger charge is -2.34. The number of methoxy groups -OCH3 is 1. The standard InChI is InChI=1S/C26H42N4O3.3CO2/c1-5-15-29(16-6-2)20-24(30(17-7-3)18-13-25(31)33-4)26(32)27-14-12-21-19-28-23-11-9-8-10-22(21)23;3*2-1-3/h8-11,19,24,28H,5-7,12-18,20H2,1-4H3,(H,27,32);;;/t24-;;;/m0.../s1. The molecule has 0 aliphatic carbocycles. The van der Waals surface area contributed by atoms with Crippen molar-refractivity contribution in [2.75, 3.05) is 46.4 Å². The Labute approximate surface area is 245 Å². The maximum atomic E-state index is 13.4.